The molecule has 3 aromatic rings. The molecule has 4 heteroatoms. The van der Waals surface area contributed by atoms with Crippen molar-refractivity contribution in [1.82, 2.24) is 10.3 Å². The smallest absolute Gasteiger partial charge is 0.0705 e. The quantitative estimate of drug-likeness (QED) is 0.680. The Hall–Kier alpha value is -1.23. The SMILES string of the molecule is CCCNC(c1ccc2cccnc2c1)c1cc(Br)cs1. The molecule has 0 bridgehead atoms. The molecule has 21 heavy (non-hydrogen) atoms. The van der Waals surface area contributed by atoms with Gasteiger partial charge in [0, 0.05) is 26.3 Å². The van der Waals surface area contributed by atoms with E-state index in [-0.39, 0.29) is 6.04 Å². The number of benzene rings is 1. The van der Waals surface area contributed by atoms with Gasteiger partial charge in [-0.2, -0.15) is 0 Å². The van der Waals surface area contributed by atoms with E-state index in [9.17, 15) is 0 Å². The van der Waals surface area contributed by atoms with Crippen LogP contribution in [-0.4, -0.2) is 11.5 Å². The number of halogens is 1. The van der Waals surface area contributed by atoms with E-state index in [1.54, 1.807) is 11.3 Å². The first-order chi connectivity index (χ1) is 10.3. The maximum absolute atomic E-state index is 4.47. The van der Waals surface area contributed by atoms with Crippen LogP contribution in [0.1, 0.15) is 29.8 Å². The number of aromatic nitrogens is 1. The Bertz CT molecular complexity index is 738. The summed E-state index contributed by atoms with van der Waals surface area (Å²) in [5, 5.41) is 6.96. The Morgan fingerprint density at radius 1 is 1.29 bits per heavy atom. The second kappa shape index (κ2) is 6.69. The van der Waals surface area contributed by atoms with Gasteiger partial charge in [-0.1, -0.05) is 25.1 Å². The lowest BCUT2D eigenvalue weighted by Crippen LogP contribution is -2.22. The van der Waals surface area contributed by atoms with Gasteiger partial charge in [0.15, 0.2) is 0 Å². The molecular formula is C17H17BrN2S. The van der Waals surface area contributed by atoms with Crippen molar-refractivity contribution in [3.63, 3.8) is 0 Å². The number of nitrogens with zero attached hydrogens (tertiary/aromatic N) is 1. The second-order valence-corrected chi connectivity index (χ2v) is 6.87. The molecule has 0 amide bonds. The van der Waals surface area contributed by atoms with E-state index < -0.39 is 0 Å². The first kappa shape index (κ1) is 14.7. The van der Waals surface area contributed by atoms with Crippen molar-refractivity contribution in [1.29, 1.82) is 0 Å². The molecule has 1 atom stereocenters. The van der Waals surface area contributed by atoms with Gasteiger partial charge < -0.3 is 5.32 Å². The molecule has 1 unspecified atom stereocenters. The molecule has 0 saturated carbocycles. The van der Waals surface area contributed by atoms with Gasteiger partial charge in [0.2, 0.25) is 0 Å². The van der Waals surface area contributed by atoms with Gasteiger partial charge >= 0.3 is 0 Å². The fourth-order valence-corrected chi connectivity index (χ4v) is 3.96. The van der Waals surface area contributed by atoms with E-state index >= 15 is 0 Å². The molecule has 1 N–H and O–H groups in total. The number of hydrogen-bond acceptors (Lipinski definition) is 3. The number of nitrogens with one attached hydrogen (secondary N) is 1. The molecule has 2 aromatic heterocycles. The second-order valence-electron chi connectivity index (χ2n) is 5.01. The minimum Gasteiger partial charge on any atom is -0.306 e. The van der Waals surface area contributed by atoms with Crippen LogP contribution in [0.2, 0.25) is 0 Å². The lowest BCUT2D eigenvalue weighted by molar-refractivity contribution is 0.606. The van der Waals surface area contributed by atoms with E-state index in [0.717, 1.165) is 23.0 Å². The van der Waals surface area contributed by atoms with Gasteiger partial charge in [-0.3, -0.25) is 4.98 Å². The van der Waals surface area contributed by atoms with Crippen molar-refractivity contribution >= 4 is 38.2 Å². The lowest BCUT2D eigenvalue weighted by atomic mass is 10.0. The minimum atomic E-state index is 0.229. The highest BCUT2D eigenvalue weighted by Crippen LogP contribution is 2.31. The van der Waals surface area contributed by atoms with Crippen molar-refractivity contribution in [2.75, 3.05) is 6.54 Å². The maximum Gasteiger partial charge on any atom is 0.0705 e. The summed E-state index contributed by atoms with van der Waals surface area (Å²) in [6.45, 7) is 3.19. The van der Waals surface area contributed by atoms with Crippen LogP contribution in [0, 0.1) is 0 Å². The predicted octanol–water partition coefficient (Wildman–Crippen LogP) is 5.15. The molecule has 3 rings (SSSR count). The van der Waals surface area contributed by atoms with E-state index in [1.807, 2.05) is 12.3 Å². The molecule has 2 heterocycles. The summed E-state index contributed by atoms with van der Waals surface area (Å²) in [6, 6.07) is 13.0. The van der Waals surface area contributed by atoms with E-state index in [4.69, 9.17) is 0 Å². The summed E-state index contributed by atoms with van der Waals surface area (Å²) in [7, 11) is 0. The largest absolute Gasteiger partial charge is 0.306 e. The van der Waals surface area contributed by atoms with Crippen molar-refractivity contribution in [3.05, 3.63) is 62.9 Å². The zero-order chi connectivity index (χ0) is 14.7. The number of rotatable bonds is 5. The number of hydrogen-bond donors (Lipinski definition) is 1. The Morgan fingerprint density at radius 2 is 2.19 bits per heavy atom. The van der Waals surface area contributed by atoms with Crippen LogP contribution in [-0.2, 0) is 0 Å². The van der Waals surface area contributed by atoms with Gasteiger partial charge in [0.1, 0.15) is 0 Å². The van der Waals surface area contributed by atoms with E-state index in [0.29, 0.717) is 0 Å². The Kier molecular flexibility index (Phi) is 4.68. The highest BCUT2D eigenvalue weighted by atomic mass is 79.9. The summed E-state index contributed by atoms with van der Waals surface area (Å²) in [4.78, 5) is 5.79. The molecule has 0 radical (unpaired) electrons. The molecule has 0 spiro atoms. The van der Waals surface area contributed by atoms with Crippen LogP contribution >= 0.6 is 27.3 Å². The predicted molar refractivity (Wildman–Crippen MR) is 93.9 cm³/mol. The van der Waals surface area contributed by atoms with Crippen molar-refractivity contribution in [2.45, 2.75) is 19.4 Å². The minimum absolute atomic E-state index is 0.229. The van der Waals surface area contributed by atoms with E-state index in [2.05, 4.69) is 68.9 Å². The molecule has 0 aliphatic heterocycles. The van der Waals surface area contributed by atoms with Crippen LogP contribution in [0.15, 0.2) is 52.4 Å². The molecular weight excluding hydrogens is 344 g/mol. The molecule has 1 aromatic carbocycles. The summed E-state index contributed by atoms with van der Waals surface area (Å²) in [5.74, 6) is 0. The number of pyridine rings is 1. The van der Waals surface area contributed by atoms with Gasteiger partial charge in [0.25, 0.3) is 0 Å². The molecule has 0 saturated heterocycles. The fraction of sp³-hybridized carbons (Fsp3) is 0.235. The van der Waals surface area contributed by atoms with Crippen LogP contribution in [0.4, 0.5) is 0 Å². The molecule has 2 nitrogen and oxygen atoms in total. The molecule has 0 fully saturated rings. The van der Waals surface area contributed by atoms with Gasteiger partial charge in [0.05, 0.1) is 11.6 Å². The summed E-state index contributed by atoms with van der Waals surface area (Å²) >= 11 is 5.33. The third kappa shape index (κ3) is 3.34. The summed E-state index contributed by atoms with van der Waals surface area (Å²) in [6.07, 6.45) is 2.97. The Labute approximate surface area is 137 Å². The Morgan fingerprint density at radius 3 is 2.95 bits per heavy atom. The fourth-order valence-electron chi connectivity index (χ4n) is 2.41. The third-order valence-corrected chi connectivity index (χ3v) is 5.19. The van der Waals surface area contributed by atoms with Crippen LogP contribution in [0.3, 0.4) is 0 Å². The summed E-state index contributed by atoms with van der Waals surface area (Å²) < 4.78 is 1.14. The third-order valence-electron chi connectivity index (χ3n) is 3.43. The zero-order valence-corrected chi connectivity index (χ0v) is 14.2. The van der Waals surface area contributed by atoms with E-state index in [1.165, 1.54) is 15.8 Å². The first-order valence-corrected chi connectivity index (χ1v) is 8.77. The average molecular weight is 361 g/mol. The van der Waals surface area contributed by atoms with Crippen molar-refractivity contribution < 1.29 is 0 Å². The lowest BCUT2D eigenvalue weighted by Gasteiger charge is -2.18. The summed E-state index contributed by atoms with van der Waals surface area (Å²) in [5.41, 5.74) is 2.32. The highest BCUT2D eigenvalue weighted by Gasteiger charge is 2.15. The molecule has 108 valence electrons. The molecule has 0 aliphatic carbocycles. The number of thiophene rings is 1. The molecule has 0 aliphatic rings. The van der Waals surface area contributed by atoms with Crippen molar-refractivity contribution in [3.8, 4) is 0 Å². The topological polar surface area (TPSA) is 24.9 Å². The van der Waals surface area contributed by atoms with Gasteiger partial charge in [-0.05, 0) is 52.7 Å². The zero-order valence-electron chi connectivity index (χ0n) is 11.8. The first-order valence-electron chi connectivity index (χ1n) is 7.10. The Balaban J connectivity index is 2.00. The average Bonchev–Trinajstić information content (AvgIpc) is 2.94. The normalized spacial score (nSPS) is 12.7. The van der Waals surface area contributed by atoms with Crippen LogP contribution in [0.5, 0.6) is 0 Å². The standard InChI is InChI=1S/C17H17BrN2S/c1-2-7-20-17(16-10-14(18)11-21-16)13-6-5-12-4-3-8-19-15(12)9-13/h3-6,8-11,17,20H,2,7H2,1H3. The number of fused-ring (bicyclic) bond motifs is 1. The monoisotopic (exact) mass is 360 g/mol. The van der Waals surface area contributed by atoms with Crippen LogP contribution < -0.4 is 5.32 Å². The van der Waals surface area contributed by atoms with Crippen LogP contribution in [0.25, 0.3) is 10.9 Å². The maximum atomic E-state index is 4.47. The van der Waals surface area contributed by atoms with Gasteiger partial charge in [-0.15, -0.1) is 11.3 Å². The highest BCUT2D eigenvalue weighted by molar-refractivity contribution is 9.10. The van der Waals surface area contributed by atoms with Crippen molar-refractivity contribution in [2.24, 2.45) is 0 Å². The van der Waals surface area contributed by atoms with Gasteiger partial charge in [-0.25, -0.2) is 0 Å².